The third-order valence-electron chi connectivity index (χ3n) is 1.96. The van der Waals surface area contributed by atoms with E-state index in [9.17, 15) is 19.2 Å². The van der Waals surface area contributed by atoms with Crippen molar-refractivity contribution in [1.29, 1.82) is 0 Å². The van der Waals surface area contributed by atoms with E-state index in [-0.39, 0.29) is 6.54 Å². The van der Waals surface area contributed by atoms with Crippen LogP contribution in [0.3, 0.4) is 0 Å². The van der Waals surface area contributed by atoms with Gasteiger partial charge in [0.25, 0.3) is 0 Å². The summed E-state index contributed by atoms with van der Waals surface area (Å²) in [6, 6.07) is -2.46. The number of aliphatic carboxylic acids is 2. The van der Waals surface area contributed by atoms with Gasteiger partial charge in [0.1, 0.15) is 6.04 Å². The topological polar surface area (TPSA) is 145 Å². The molecule has 0 rings (SSSR count). The standard InChI is InChI=1S/C10H17N3O6/c1-2-3-11-7(14)5-12-10(19)13-6(9(17)18)4-8(15)16/h6H,2-5H2,1H3,(H,11,14)(H,15,16)(H,17,18)(H2,12,13,19)/t6-/m0/s1. The molecule has 0 saturated heterocycles. The molecule has 108 valence electrons. The molecule has 3 amide bonds. The number of rotatable bonds is 8. The molecule has 0 radical (unpaired) electrons. The van der Waals surface area contributed by atoms with Gasteiger partial charge in [-0.1, -0.05) is 6.92 Å². The van der Waals surface area contributed by atoms with Gasteiger partial charge >= 0.3 is 18.0 Å². The molecular weight excluding hydrogens is 258 g/mol. The van der Waals surface area contributed by atoms with E-state index in [0.717, 1.165) is 6.42 Å². The SMILES string of the molecule is CCCNC(=O)CNC(=O)N[C@@H](CC(=O)O)C(=O)O. The second kappa shape index (κ2) is 8.72. The second-order valence-corrected chi connectivity index (χ2v) is 3.67. The molecule has 0 saturated carbocycles. The summed E-state index contributed by atoms with van der Waals surface area (Å²) in [5.41, 5.74) is 0. The summed E-state index contributed by atoms with van der Waals surface area (Å²) in [5.74, 6) is -3.23. The Kier molecular flexibility index (Phi) is 7.66. The van der Waals surface area contributed by atoms with Gasteiger partial charge in [-0.25, -0.2) is 9.59 Å². The fourth-order valence-electron chi connectivity index (χ4n) is 1.07. The van der Waals surface area contributed by atoms with Gasteiger partial charge in [0.2, 0.25) is 5.91 Å². The van der Waals surface area contributed by atoms with Crippen molar-refractivity contribution in [1.82, 2.24) is 16.0 Å². The Hall–Kier alpha value is -2.32. The molecule has 0 unspecified atom stereocenters. The van der Waals surface area contributed by atoms with Crippen LogP contribution < -0.4 is 16.0 Å². The number of amides is 3. The van der Waals surface area contributed by atoms with E-state index in [0.29, 0.717) is 6.54 Å². The van der Waals surface area contributed by atoms with Crippen LogP contribution >= 0.6 is 0 Å². The number of hydrogen-bond donors (Lipinski definition) is 5. The highest BCUT2D eigenvalue weighted by molar-refractivity contribution is 5.88. The van der Waals surface area contributed by atoms with Gasteiger partial charge in [0.15, 0.2) is 0 Å². The Labute approximate surface area is 109 Å². The van der Waals surface area contributed by atoms with E-state index in [2.05, 4.69) is 10.6 Å². The molecule has 0 spiro atoms. The minimum absolute atomic E-state index is 0.314. The summed E-state index contributed by atoms with van der Waals surface area (Å²) in [5, 5.41) is 23.7. The Bertz CT molecular complexity index is 357. The van der Waals surface area contributed by atoms with E-state index >= 15 is 0 Å². The average Bonchev–Trinajstić information content (AvgIpc) is 2.32. The summed E-state index contributed by atoms with van der Waals surface area (Å²) in [6.45, 7) is 2.02. The first-order valence-electron chi connectivity index (χ1n) is 5.62. The molecule has 5 N–H and O–H groups in total. The number of hydrogen-bond acceptors (Lipinski definition) is 4. The molecule has 0 heterocycles. The van der Waals surface area contributed by atoms with Gasteiger partial charge in [-0.3, -0.25) is 9.59 Å². The Morgan fingerprint density at radius 3 is 2.21 bits per heavy atom. The fourth-order valence-corrected chi connectivity index (χ4v) is 1.07. The molecule has 0 aliphatic carbocycles. The minimum Gasteiger partial charge on any atom is -0.481 e. The maximum absolute atomic E-state index is 11.3. The van der Waals surface area contributed by atoms with Crippen LogP contribution in [0, 0.1) is 0 Å². The van der Waals surface area contributed by atoms with Gasteiger partial charge < -0.3 is 26.2 Å². The summed E-state index contributed by atoms with van der Waals surface area (Å²) in [4.78, 5) is 43.4. The van der Waals surface area contributed by atoms with E-state index in [1.54, 1.807) is 0 Å². The van der Waals surface area contributed by atoms with Gasteiger partial charge in [-0.05, 0) is 6.42 Å². The molecule has 9 nitrogen and oxygen atoms in total. The van der Waals surface area contributed by atoms with Crippen LogP contribution in [0.1, 0.15) is 19.8 Å². The maximum Gasteiger partial charge on any atom is 0.326 e. The highest BCUT2D eigenvalue weighted by atomic mass is 16.4. The van der Waals surface area contributed by atoms with Crippen LogP contribution in [0.25, 0.3) is 0 Å². The normalized spacial score (nSPS) is 11.2. The summed E-state index contributed by atoms with van der Waals surface area (Å²) >= 11 is 0. The predicted molar refractivity (Wildman–Crippen MR) is 63.5 cm³/mol. The van der Waals surface area contributed by atoms with Crippen LogP contribution in [0.15, 0.2) is 0 Å². The van der Waals surface area contributed by atoms with Crippen LogP contribution in [0.4, 0.5) is 4.79 Å². The minimum atomic E-state index is -1.55. The average molecular weight is 275 g/mol. The number of carbonyl (C=O) groups excluding carboxylic acids is 2. The van der Waals surface area contributed by atoms with E-state index in [4.69, 9.17) is 10.2 Å². The number of urea groups is 1. The molecule has 0 fully saturated rings. The van der Waals surface area contributed by atoms with Crippen molar-refractivity contribution in [3.05, 3.63) is 0 Å². The van der Waals surface area contributed by atoms with Crippen molar-refractivity contribution in [2.75, 3.05) is 13.1 Å². The van der Waals surface area contributed by atoms with Gasteiger partial charge in [-0.15, -0.1) is 0 Å². The molecule has 0 bridgehead atoms. The highest BCUT2D eigenvalue weighted by Crippen LogP contribution is 1.92. The summed E-state index contributed by atoms with van der Waals surface area (Å²) < 4.78 is 0. The zero-order valence-corrected chi connectivity index (χ0v) is 10.4. The monoisotopic (exact) mass is 275 g/mol. The number of carbonyl (C=O) groups is 4. The Morgan fingerprint density at radius 1 is 1.11 bits per heavy atom. The zero-order chi connectivity index (χ0) is 14.8. The molecule has 0 aromatic heterocycles. The summed E-state index contributed by atoms with van der Waals surface area (Å²) in [6.07, 6.45) is 0.00240. The van der Waals surface area contributed by atoms with E-state index in [1.807, 2.05) is 12.2 Å². The molecule has 0 aliphatic heterocycles. The van der Waals surface area contributed by atoms with Crippen LogP contribution in [-0.4, -0.2) is 53.2 Å². The second-order valence-electron chi connectivity index (χ2n) is 3.67. The van der Waals surface area contributed by atoms with Crippen molar-refractivity contribution < 1.29 is 29.4 Å². The van der Waals surface area contributed by atoms with Crippen molar-refractivity contribution in [2.45, 2.75) is 25.8 Å². The zero-order valence-electron chi connectivity index (χ0n) is 10.4. The molecule has 0 aromatic carbocycles. The lowest BCUT2D eigenvalue weighted by molar-refractivity contribution is -0.145. The lowest BCUT2D eigenvalue weighted by atomic mass is 10.2. The molecule has 9 heteroatoms. The van der Waals surface area contributed by atoms with Crippen molar-refractivity contribution in [3.63, 3.8) is 0 Å². The lowest BCUT2D eigenvalue weighted by Gasteiger charge is -2.13. The first-order valence-corrected chi connectivity index (χ1v) is 5.62. The van der Waals surface area contributed by atoms with Crippen molar-refractivity contribution in [2.24, 2.45) is 0 Å². The van der Waals surface area contributed by atoms with Crippen molar-refractivity contribution >= 4 is 23.9 Å². The van der Waals surface area contributed by atoms with E-state index < -0.39 is 36.3 Å². The third kappa shape index (κ3) is 8.41. The molecule has 1 atom stereocenters. The van der Waals surface area contributed by atoms with Crippen molar-refractivity contribution in [3.8, 4) is 0 Å². The first-order chi connectivity index (χ1) is 8.86. The number of carboxylic acid groups (broad SMARTS) is 2. The van der Waals surface area contributed by atoms with Gasteiger partial charge in [0, 0.05) is 6.54 Å². The maximum atomic E-state index is 11.3. The molecular formula is C10H17N3O6. The number of nitrogens with one attached hydrogen (secondary N) is 3. The molecule has 0 aromatic rings. The van der Waals surface area contributed by atoms with Gasteiger partial charge in [0.05, 0.1) is 13.0 Å². The Morgan fingerprint density at radius 2 is 1.74 bits per heavy atom. The van der Waals surface area contributed by atoms with Gasteiger partial charge in [-0.2, -0.15) is 0 Å². The molecule has 0 aliphatic rings. The lowest BCUT2D eigenvalue weighted by Crippen LogP contribution is -2.49. The Balaban J connectivity index is 4.09. The largest absolute Gasteiger partial charge is 0.481 e. The first kappa shape index (κ1) is 16.7. The third-order valence-corrected chi connectivity index (χ3v) is 1.96. The highest BCUT2D eigenvalue weighted by Gasteiger charge is 2.22. The smallest absolute Gasteiger partial charge is 0.326 e. The summed E-state index contributed by atoms with van der Waals surface area (Å²) in [7, 11) is 0. The van der Waals surface area contributed by atoms with Crippen LogP contribution in [0.5, 0.6) is 0 Å². The quantitative estimate of drug-likeness (QED) is 0.374. The predicted octanol–water partition coefficient (Wildman–Crippen LogP) is -1.26. The van der Waals surface area contributed by atoms with E-state index in [1.165, 1.54) is 0 Å². The van der Waals surface area contributed by atoms with Crippen LogP contribution in [-0.2, 0) is 14.4 Å². The van der Waals surface area contributed by atoms with Crippen LogP contribution in [0.2, 0.25) is 0 Å². The molecule has 19 heavy (non-hydrogen) atoms. The fraction of sp³-hybridized carbons (Fsp3) is 0.600. The number of carboxylic acids is 2.